The van der Waals surface area contributed by atoms with Gasteiger partial charge in [-0.1, -0.05) is 65.5 Å². The van der Waals surface area contributed by atoms with Crippen molar-refractivity contribution in [3.05, 3.63) is 59.7 Å². The summed E-state index contributed by atoms with van der Waals surface area (Å²) in [5.74, 6) is 3.67. The molecule has 1 aromatic heterocycles. The SMILES string of the molecule is BrCCc1cnc([C](c2ccccc2)C2CCCCC2)o1. The summed E-state index contributed by atoms with van der Waals surface area (Å²) >= 11 is 3.46. The first-order valence-corrected chi connectivity index (χ1v) is 8.94. The van der Waals surface area contributed by atoms with E-state index in [1.165, 1.54) is 43.6 Å². The van der Waals surface area contributed by atoms with Gasteiger partial charge in [0.1, 0.15) is 5.76 Å². The number of rotatable bonds is 5. The maximum atomic E-state index is 6.02. The van der Waals surface area contributed by atoms with Gasteiger partial charge in [0.15, 0.2) is 0 Å². The van der Waals surface area contributed by atoms with Gasteiger partial charge in [0.25, 0.3) is 0 Å². The highest BCUT2D eigenvalue weighted by atomic mass is 79.9. The minimum atomic E-state index is 0.580. The molecule has 1 heterocycles. The Balaban J connectivity index is 1.90. The van der Waals surface area contributed by atoms with Gasteiger partial charge in [-0.2, -0.15) is 0 Å². The van der Waals surface area contributed by atoms with Crippen LogP contribution in [0.15, 0.2) is 40.9 Å². The average Bonchev–Trinajstić information content (AvgIpc) is 2.98. The van der Waals surface area contributed by atoms with E-state index in [1.807, 2.05) is 6.20 Å². The number of oxazole rings is 1. The van der Waals surface area contributed by atoms with Crippen molar-refractivity contribution in [2.45, 2.75) is 38.5 Å². The van der Waals surface area contributed by atoms with Gasteiger partial charge in [0, 0.05) is 11.8 Å². The number of nitrogens with zero attached hydrogens (tertiary/aromatic N) is 1. The molecule has 0 bridgehead atoms. The van der Waals surface area contributed by atoms with Gasteiger partial charge in [-0.05, 0) is 24.3 Å². The highest BCUT2D eigenvalue weighted by molar-refractivity contribution is 9.09. The van der Waals surface area contributed by atoms with Crippen LogP contribution < -0.4 is 0 Å². The quantitative estimate of drug-likeness (QED) is 0.698. The molecule has 21 heavy (non-hydrogen) atoms. The van der Waals surface area contributed by atoms with Crippen molar-refractivity contribution in [1.82, 2.24) is 4.98 Å². The van der Waals surface area contributed by atoms with Gasteiger partial charge in [-0.25, -0.2) is 4.98 Å². The minimum absolute atomic E-state index is 0.580. The molecule has 111 valence electrons. The first-order valence-electron chi connectivity index (χ1n) is 7.82. The van der Waals surface area contributed by atoms with Gasteiger partial charge < -0.3 is 4.42 Å². The van der Waals surface area contributed by atoms with E-state index in [4.69, 9.17) is 4.42 Å². The number of benzene rings is 1. The summed E-state index contributed by atoms with van der Waals surface area (Å²) in [6, 6.07) is 10.6. The van der Waals surface area contributed by atoms with E-state index in [9.17, 15) is 0 Å². The third-order valence-corrected chi connectivity index (χ3v) is 4.62. The summed E-state index contributed by atoms with van der Waals surface area (Å²) in [5.41, 5.74) is 1.26. The van der Waals surface area contributed by atoms with Crippen molar-refractivity contribution in [2.75, 3.05) is 5.33 Å². The van der Waals surface area contributed by atoms with Crippen molar-refractivity contribution < 1.29 is 4.42 Å². The summed E-state index contributed by atoms with van der Waals surface area (Å²) in [4.78, 5) is 4.56. The lowest BCUT2D eigenvalue weighted by Crippen LogP contribution is -2.18. The maximum absolute atomic E-state index is 6.02. The fourth-order valence-electron chi connectivity index (χ4n) is 3.18. The zero-order chi connectivity index (χ0) is 14.5. The molecule has 1 fully saturated rings. The zero-order valence-electron chi connectivity index (χ0n) is 12.2. The Morgan fingerprint density at radius 1 is 1.14 bits per heavy atom. The molecular formula is C18H21BrNO. The molecule has 0 unspecified atom stereocenters. The number of hydrogen-bond donors (Lipinski definition) is 0. The van der Waals surface area contributed by atoms with E-state index in [1.54, 1.807) is 0 Å². The third-order valence-electron chi connectivity index (χ3n) is 4.22. The van der Waals surface area contributed by atoms with E-state index in [2.05, 4.69) is 51.2 Å². The Morgan fingerprint density at radius 2 is 1.90 bits per heavy atom. The normalized spacial score (nSPS) is 16.5. The molecule has 0 N–H and O–H groups in total. The number of halogens is 1. The highest BCUT2D eigenvalue weighted by Crippen LogP contribution is 2.39. The Hall–Kier alpha value is -1.09. The molecule has 1 saturated carbocycles. The molecule has 1 aliphatic rings. The Morgan fingerprint density at radius 3 is 2.62 bits per heavy atom. The van der Waals surface area contributed by atoms with Crippen LogP contribution in [0.4, 0.5) is 0 Å². The molecule has 2 nitrogen and oxygen atoms in total. The van der Waals surface area contributed by atoms with Crippen LogP contribution in [0.1, 0.15) is 49.3 Å². The van der Waals surface area contributed by atoms with Crippen LogP contribution in [0.25, 0.3) is 0 Å². The largest absolute Gasteiger partial charge is 0.445 e. The predicted octanol–water partition coefficient (Wildman–Crippen LogP) is 5.16. The molecule has 1 aromatic carbocycles. The Labute approximate surface area is 135 Å². The molecule has 0 atom stereocenters. The summed E-state index contributed by atoms with van der Waals surface area (Å²) < 4.78 is 6.02. The highest BCUT2D eigenvalue weighted by Gasteiger charge is 2.30. The maximum Gasteiger partial charge on any atom is 0.206 e. The average molecular weight is 347 g/mol. The van der Waals surface area contributed by atoms with Crippen molar-refractivity contribution in [1.29, 1.82) is 0 Å². The molecule has 0 saturated heterocycles. The standard InChI is InChI=1S/C18H21BrNO/c19-12-11-16-13-20-18(21-16)17(14-7-3-1-4-8-14)15-9-5-2-6-10-15/h1,3-4,7-8,13,15H,2,5-6,9-12H2. The molecule has 2 aromatic rings. The van der Waals surface area contributed by atoms with Crippen LogP contribution in [-0.4, -0.2) is 10.3 Å². The van der Waals surface area contributed by atoms with Crippen LogP contribution in [0, 0.1) is 11.8 Å². The molecule has 1 aliphatic carbocycles. The number of hydrogen-bond acceptors (Lipinski definition) is 2. The van der Waals surface area contributed by atoms with Crippen LogP contribution in [0.2, 0.25) is 0 Å². The lowest BCUT2D eigenvalue weighted by Gasteiger charge is -2.28. The Bertz CT molecular complexity index is 545. The lowest BCUT2D eigenvalue weighted by atomic mass is 9.77. The minimum Gasteiger partial charge on any atom is -0.445 e. The van der Waals surface area contributed by atoms with Crippen LogP contribution in [0.5, 0.6) is 0 Å². The van der Waals surface area contributed by atoms with Crippen molar-refractivity contribution in [2.24, 2.45) is 5.92 Å². The van der Waals surface area contributed by atoms with Gasteiger partial charge in [0.05, 0.1) is 12.1 Å². The zero-order valence-corrected chi connectivity index (χ0v) is 13.8. The topological polar surface area (TPSA) is 26.0 Å². The fourth-order valence-corrected chi connectivity index (χ4v) is 3.57. The first-order chi connectivity index (χ1) is 10.4. The van der Waals surface area contributed by atoms with Crippen molar-refractivity contribution in [3.8, 4) is 0 Å². The van der Waals surface area contributed by atoms with E-state index >= 15 is 0 Å². The summed E-state index contributed by atoms with van der Waals surface area (Å²) in [6.45, 7) is 0. The molecule has 3 heteroatoms. The van der Waals surface area contributed by atoms with Crippen LogP contribution >= 0.6 is 15.9 Å². The summed E-state index contributed by atoms with van der Waals surface area (Å²) in [5, 5.41) is 0.908. The third kappa shape index (κ3) is 3.57. The van der Waals surface area contributed by atoms with Crippen LogP contribution in [0.3, 0.4) is 0 Å². The van der Waals surface area contributed by atoms with E-state index in [0.29, 0.717) is 5.92 Å². The van der Waals surface area contributed by atoms with Crippen molar-refractivity contribution in [3.63, 3.8) is 0 Å². The predicted molar refractivity (Wildman–Crippen MR) is 88.5 cm³/mol. The monoisotopic (exact) mass is 346 g/mol. The van der Waals surface area contributed by atoms with Gasteiger partial charge in [-0.3, -0.25) is 0 Å². The second kappa shape index (κ2) is 7.26. The van der Waals surface area contributed by atoms with Crippen molar-refractivity contribution >= 4 is 15.9 Å². The smallest absolute Gasteiger partial charge is 0.206 e. The first kappa shape index (κ1) is 14.8. The molecule has 3 rings (SSSR count). The lowest BCUT2D eigenvalue weighted by molar-refractivity contribution is 0.358. The fraction of sp³-hybridized carbons (Fsp3) is 0.444. The Kier molecular flexibility index (Phi) is 5.13. The van der Waals surface area contributed by atoms with Gasteiger partial charge >= 0.3 is 0 Å². The van der Waals surface area contributed by atoms with Gasteiger partial charge in [0.2, 0.25) is 5.89 Å². The number of aryl methyl sites for hydroxylation is 1. The van der Waals surface area contributed by atoms with Crippen LogP contribution in [-0.2, 0) is 6.42 Å². The second-order valence-corrected chi connectivity index (χ2v) is 6.48. The van der Waals surface area contributed by atoms with Gasteiger partial charge in [-0.15, -0.1) is 0 Å². The number of alkyl halides is 1. The van der Waals surface area contributed by atoms with E-state index in [0.717, 1.165) is 23.4 Å². The molecule has 0 amide bonds. The molecule has 0 aliphatic heterocycles. The molecule has 0 spiro atoms. The second-order valence-electron chi connectivity index (χ2n) is 5.69. The number of aromatic nitrogens is 1. The van der Waals surface area contributed by atoms with E-state index < -0.39 is 0 Å². The summed E-state index contributed by atoms with van der Waals surface area (Å²) in [6.07, 6.45) is 9.26. The molecule has 1 radical (unpaired) electrons. The summed E-state index contributed by atoms with van der Waals surface area (Å²) in [7, 11) is 0. The van der Waals surface area contributed by atoms with E-state index in [-0.39, 0.29) is 0 Å². The molecular weight excluding hydrogens is 326 g/mol.